The van der Waals surface area contributed by atoms with Crippen LogP contribution in [0.15, 0.2) is 45.3 Å². The third kappa shape index (κ3) is 3.75. The Morgan fingerprint density at radius 1 is 1.24 bits per heavy atom. The molecule has 2 rings (SSSR count). The molecular formula is C14H9BrF3NO2. The molecule has 0 aliphatic rings. The molecule has 0 bridgehead atoms. The third-order valence-corrected chi connectivity index (χ3v) is 3.29. The van der Waals surface area contributed by atoms with E-state index in [-0.39, 0.29) is 15.8 Å². The Hall–Kier alpha value is -2.02. The molecule has 1 heterocycles. The average Bonchev–Trinajstić information content (AvgIpc) is 2.84. The van der Waals surface area contributed by atoms with E-state index >= 15 is 0 Å². The molecule has 0 spiro atoms. The predicted octanol–water partition coefficient (Wildman–Crippen LogP) is 4.23. The largest absolute Gasteiger partial charge is 0.457 e. The van der Waals surface area contributed by atoms with Gasteiger partial charge in [-0.25, -0.2) is 0 Å². The van der Waals surface area contributed by atoms with E-state index in [1.165, 1.54) is 30.3 Å². The number of halogens is 4. The number of furan rings is 1. The summed E-state index contributed by atoms with van der Waals surface area (Å²) in [5, 5.41) is 0. The Morgan fingerprint density at radius 3 is 2.57 bits per heavy atom. The van der Waals surface area contributed by atoms with Crippen LogP contribution in [0.1, 0.15) is 11.3 Å². The van der Waals surface area contributed by atoms with Gasteiger partial charge in [0.2, 0.25) is 5.91 Å². The summed E-state index contributed by atoms with van der Waals surface area (Å²) in [6.07, 6.45) is -2.02. The molecule has 1 amide bonds. The third-order valence-electron chi connectivity index (χ3n) is 2.59. The fraction of sp³-hybridized carbons (Fsp3) is 0.0714. The van der Waals surface area contributed by atoms with Crippen molar-refractivity contribution in [1.29, 1.82) is 0 Å². The fourth-order valence-corrected chi connectivity index (χ4v) is 2.13. The molecule has 21 heavy (non-hydrogen) atoms. The van der Waals surface area contributed by atoms with E-state index in [0.717, 1.165) is 12.1 Å². The molecule has 0 saturated heterocycles. The second kappa shape index (κ2) is 5.77. The molecule has 0 aliphatic carbocycles. The average molecular weight is 360 g/mol. The number of carbonyl (C=O) groups is 1. The van der Waals surface area contributed by atoms with Crippen molar-refractivity contribution < 1.29 is 22.4 Å². The molecule has 0 atom stereocenters. The molecule has 1 aromatic carbocycles. The van der Waals surface area contributed by atoms with Crippen LogP contribution in [0.5, 0.6) is 0 Å². The monoisotopic (exact) mass is 359 g/mol. The highest BCUT2D eigenvalue weighted by Crippen LogP contribution is 2.37. The first-order valence-electron chi connectivity index (χ1n) is 5.72. The highest BCUT2D eigenvalue weighted by atomic mass is 79.9. The lowest BCUT2D eigenvalue weighted by atomic mass is 10.1. The molecule has 1 aromatic heterocycles. The molecule has 2 aromatic rings. The van der Waals surface area contributed by atoms with Crippen molar-refractivity contribution in [2.45, 2.75) is 6.18 Å². The molecular weight excluding hydrogens is 351 g/mol. The van der Waals surface area contributed by atoms with Gasteiger partial charge in [0, 0.05) is 16.1 Å². The minimum absolute atomic E-state index is 0.0425. The molecule has 0 aliphatic heterocycles. The van der Waals surface area contributed by atoms with Gasteiger partial charge in [-0.1, -0.05) is 22.0 Å². The molecule has 0 radical (unpaired) electrons. The van der Waals surface area contributed by atoms with Crippen molar-refractivity contribution in [2.75, 3.05) is 0 Å². The van der Waals surface area contributed by atoms with Crippen LogP contribution in [0.4, 0.5) is 13.2 Å². The van der Waals surface area contributed by atoms with Gasteiger partial charge >= 0.3 is 6.18 Å². The highest BCUT2D eigenvalue weighted by molar-refractivity contribution is 9.10. The van der Waals surface area contributed by atoms with Gasteiger partial charge in [0.05, 0.1) is 5.56 Å². The summed E-state index contributed by atoms with van der Waals surface area (Å²) in [7, 11) is 0. The van der Waals surface area contributed by atoms with Gasteiger partial charge in [-0.05, 0) is 30.3 Å². The van der Waals surface area contributed by atoms with Gasteiger partial charge in [0.25, 0.3) is 0 Å². The van der Waals surface area contributed by atoms with E-state index in [4.69, 9.17) is 10.2 Å². The quantitative estimate of drug-likeness (QED) is 0.833. The van der Waals surface area contributed by atoms with Crippen LogP contribution in [-0.2, 0) is 11.0 Å². The Balaban J connectivity index is 2.37. The molecule has 0 fully saturated rings. The highest BCUT2D eigenvalue weighted by Gasteiger charge is 2.33. The van der Waals surface area contributed by atoms with Crippen molar-refractivity contribution in [3.05, 3.63) is 52.2 Å². The summed E-state index contributed by atoms with van der Waals surface area (Å²) in [5.74, 6) is -0.0617. The summed E-state index contributed by atoms with van der Waals surface area (Å²) in [4.78, 5) is 10.6. The number of nitrogens with two attached hydrogens (primary N) is 1. The van der Waals surface area contributed by atoms with Gasteiger partial charge in [0.1, 0.15) is 11.5 Å². The topological polar surface area (TPSA) is 56.2 Å². The number of carbonyl (C=O) groups excluding carboxylic acids is 1. The number of hydrogen-bond acceptors (Lipinski definition) is 2. The van der Waals surface area contributed by atoms with Crippen LogP contribution in [0, 0.1) is 0 Å². The maximum atomic E-state index is 12.8. The standard InChI is InChI=1S/C14H9BrF3NO2/c15-11-4-1-8(7-10(11)14(16,17)18)12-5-2-9(21-12)3-6-13(19)20/h1-7H,(H2,19,20)/b6-3-. The van der Waals surface area contributed by atoms with Crippen LogP contribution in [0.25, 0.3) is 17.4 Å². The summed E-state index contributed by atoms with van der Waals surface area (Å²) < 4.78 is 43.8. The zero-order valence-corrected chi connectivity index (χ0v) is 12.0. The van der Waals surface area contributed by atoms with Crippen molar-refractivity contribution >= 4 is 27.9 Å². The van der Waals surface area contributed by atoms with E-state index in [1.807, 2.05) is 0 Å². The lowest BCUT2D eigenvalue weighted by Gasteiger charge is -2.10. The molecule has 7 heteroatoms. The van der Waals surface area contributed by atoms with E-state index < -0.39 is 17.6 Å². The Labute approximate surface area is 126 Å². The second-order valence-corrected chi connectivity index (χ2v) is 4.98. The lowest BCUT2D eigenvalue weighted by molar-refractivity contribution is -0.138. The first-order chi connectivity index (χ1) is 9.77. The maximum absolute atomic E-state index is 12.8. The van der Waals surface area contributed by atoms with Gasteiger partial charge in [0.15, 0.2) is 0 Å². The zero-order valence-electron chi connectivity index (χ0n) is 10.4. The van der Waals surface area contributed by atoms with Crippen molar-refractivity contribution in [2.24, 2.45) is 5.73 Å². The SMILES string of the molecule is NC(=O)/C=C\c1ccc(-c2ccc(Br)c(C(F)(F)F)c2)o1. The number of benzene rings is 1. The predicted molar refractivity (Wildman–Crippen MR) is 75.1 cm³/mol. The van der Waals surface area contributed by atoms with E-state index in [9.17, 15) is 18.0 Å². The molecule has 0 unspecified atom stereocenters. The molecule has 2 N–H and O–H groups in total. The van der Waals surface area contributed by atoms with Crippen LogP contribution in [-0.4, -0.2) is 5.91 Å². The van der Waals surface area contributed by atoms with Gasteiger partial charge < -0.3 is 10.2 Å². The van der Waals surface area contributed by atoms with E-state index in [0.29, 0.717) is 5.76 Å². The van der Waals surface area contributed by atoms with Crippen LogP contribution < -0.4 is 5.73 Å². The first-order valence-corrected chi connectivity index (χ1v) is 6.51. The molecule has 0 saturated carbocycles. The van der Waals surface area contributed by atoms with Crippen LogP contribution in [0.2, 0.25) is 0 Å². The summed E-state index contributed by atoms with van der Waals surface area (Å²) in [6, 6.07) is 6.85. The Morgan fingerprint density at radius 2 is 1.95 bits per heavy atom. The van der Waals surface area contributed by atoms with E-state index in [2.05, 4.69) is 15.9 Å². The summed E-state index contributed by atoms with van der Waals surface area (Å²) in [6.45, 7) is 0. The summed E-state index contributed by atoms with van der Waals surface area (Å²) in [5.41, 5.74) is 4.44. The van der Waals surface area contributed by atoms with Crippen LogP contribution >= 0.6 is 15.9 Å². The minimum Gasteiger partial charge on any atom is -0.457 e. The Bertz CT molecular complexity index is 704. The Kier molecular flexibility index (Phi) is 4.22. The van der Waals surface area contributed by atoms with Crippen LogP contribution in [0.3, 0.4) is 0 Å². The smallest absolute Gasteiger partial charge is 0.417 e. The van der Waals surface area contributed by atoms with Crippen molar-refractivity contribution in [3.8, 4) is 11.3 Å². The fourth-order valence-electron chi connectivity index (χ4n) is 1.66. The number of primary amides is 1. The van der Waals surface area contributed by atoms with E-state index in [1.54, 1.807) is 0 Å². The normalized spacial score (nSPS) is 12.0. The summed E-state index contributed by atoms with van der Waals surface area (Å²) >= 11 is 2.87. The maximum Gasteiger partial charge on any atom is 0.417 e. The van der Waals surface area contributed by atoms with Gasteiger partial charge in [-0.3, -0.25) is 4.79 Å². The number of hydrogen-bond donors (Lipinski definition) is 1. The molecule has 3 nitrogen and oxygen atoms in total. The first kappa shape index (κ1) is 15.4. The zero-order chi connectivity index (χ0) is 15.6. The van der Waals surface area contributed by atoms with Crippen molar-refractivity contribution in [1.82, 2.24) is 0 Å². The molecule has 110 valence electrons. The number of alkyl halides is 3. The number of amides is 1. The number of rotatable bonds is 3. The van der Waals surface area contributed by atoms with Gasteiger partial charge in [-0.15, -0.1) is 0 Å². The van der Waals surface area contributed by atoms with Crippen molar-refractivity contribution in [3.63, 3.8) is 0 Å². The second-order valence-electron chi connectivity index (χ2n) is 4.13. The lowest BCUT2D eigenvalue weighted by Crippen LogP contribution is -2.06. The van der Waals surface area contributed by atoms with Gasteiger partial charge in [-0.2, -0.15) is 13.2 Å². The minimum atomic E-state index is -4.46.